The summed E-state index contributed by atoms with van der Waals surface area (Å²) in [6.45, 7) is 0. The van der Waals surface area contributed by atoms with Crippen molar-refractivity contribution < 1.29 is 44.6 Å². The maximum Gasteiger partial charge on any atom is 1.00 e. The van der Waals surface area contributed by atoms with Crippen LogP contribution >= 0.6 is 0 Å². The van der Waals surface area contributed by atoms with Gasteiger partial charge < -0.3 is 15.0 Å². The van der Waals surface area contributed by atoms with Gasteiger partial charge in [0.25, 0.3) is 0 Å². The van der Waals surface area contributed by atoms with E-state index < -0.39 is 5.97 Å². The van der Waals surface area contributed by atoms with Gasteiger partial charge in [-0.25, -0.2) is 0 Å². The Morgan fingerprint density at radius 1 is 1.42 bits per heavy atom. The first-order valence-corrected chi connectivity index (χ1v) is 3.17. The molecular weight excluding hydrogens is 167 g/mol. The second-order valence-electron chi connectivity index (χ2n) is 2.18. The van der Waals surface area contributed by atoms with E-state index in [-0.39, 0.29) is 41.7 Å². The topological polar surface area (TPSA) is 60.4 Å². The van der Waals surface area contributed by atoms with Crippen LogP contribution in [0.3, 0.4) is 0 Å². The molecule has 0 saturated heterocycles. The molecule has 0 heterocycles. The molecule has 12 heavy (non-hydrogen) atoms. The number of phenolic OH excluding ortho intramolecular Hbond substituents is 1. The third kappa shape index (κ3) is 3.26. The smallest absolute Gasteiger partial charge is 0.550 e. The number of aromatic hydroxyl groups is 1. The summed E-state index contributed by atoms with van der Waals surface area (Å²) < 4.78 is 0. The molecule has 0 unspecified atom stereocenters. The Kier molecular flexibility index (Phi) is 4.97. The summed E-state index contributed by atoms with van der Waals surface area (Å²) in [6, 6.07) is 6.29. The van der Waals surface area contributed by atoms with E-state index in [4.69, 9.17) is 5.11 Å². The predicted octanol–water partition coefficient (Wildman–Crippen LogP) is -3.31. The zero-order valence-corrected chi connectivity index (χ0v) is 8.78. The zero-order valence-electron chi connectivity index (χ0n) is 6.78. The second kappa shape index (κ2) is 5.19. The number of benzene rings is 1. The molecule has 0 spiro atoms. The molecule has 4 heteroatoms. The minimum Gasteiger partial charge on any atom is -0.550 e. The monoisotopic (exact) mass is 174 g/mol. The average molecular weight is 174 g/mol. The van der Waals surface area contributed by atoms with Crippen LogP contribution in [0.25, 0.3) is 0 Å². The maximum atomic E-state index is 10.1. The predicted molar refractivity (Wildman–Crippen MR) is 36.8 cm³/mol. The Morgan fingerprint density at radius 2 is 2.00 bits per heavy atom. The Bertz CT molecular complexity index is 273. The van der Waals surface area contributed by atoms with Gasteiger partial charge in [0.05, 0.1) is 0 Å². The van der Waals surface area contributed by atoms with E-state index in [1.165, 1.54) is 6.07 Å². The van der Waals surface area contributed by atoms with Gasteiger partial charge >= 0.3 is 29.6 Å². The van der Waals surface area contributed by atoms with Crippen LogP contribution in [0.4, 0.5) is 0 Å². The van der Waals surface area contributed by atoms with Crippen molar-refractivity contribution in [3.63, 3.8) is 0 Å². The standard InChI is InChI=1S/C8H8O3.Na/c9-7-4-2-1-3-6(7)5-8(10)11;/h1-4,9H,5H2,(H,10,11);/q;+1/p-1. The summed E-state index contributed by atoms with van der Waals surface area (Å²) in [5, 5.41) is 19.2. The van der Waals surface area contributed by atoms with Crippen LogP contribution in [0.1, 0.15) is 5.56 Å². The molecule has 0 aliphatic heterocycles. The fourth-order valence-corrected chi connectivity index (χ4v) is 0.816. The molecule has 0 fully saturated rings. The van der Waals surface area contributed by atoms with Crippen LogP contribution in [0.2, 0.25) is 0 Å². The number of phenols is 1. The van der Waals surface area contributed by atoms with Crippen LogP contribution in [-0.4, -0.2) is 11.1 Å². The fraction of sp³-hybridized carbons (Fsp3) is 0.125. The van der Waals surface area contributed by atoms with Crippen molar-refractivity contribution in [1.82, 2.24) is 0 Å². The summed E-state index contributed by atoms with van der Waals surface area (Å²) in [4.78, 5) is 10.1. The quantitative estimate of drug-likeness (QED) is 0.477. The molecule has 1 rings (SSSR count). The number of carbonyl (C=O) groups is 1. The number of para-hydroxylation sites is 1. The molecule has 0 radical (unpaired) electrons. The third-order valence-corrected chi connectivity index (χ3v) is 1.33. The second-order valence-corrected chi connectivity index (χ2v) is 2.18. The van der Waals surface area contributed by atoms with E-state index in [0.717, 1.165) is 0 Å². The normalized spacial score (nSPS) is 8.67. The van der Waals surface area contributed by atoms with E-state index in [2.05, 4.69) is 0 Å². The van der Waals surface area contributed by atoms with Crippen LogP contribution in [0.15, 0.2) is 24.3 Å². The summed E-state index contributed by atoms with van der Waals surface area (Å²) in [7, 11) is 0. The minimum atomic E-state index is -1.19. The van der Waals surface area contributed by atoms with Crippen LogP contribution in [0, 0.1) is 0 Å². The molecule has 0 aliphatic rings. The molecular formula is C8H7NaO3. The minimum absolute atomic E-state index is 0. The SMILES string of the molecule is O=C([O-])Cc1ccccc1O.[Na+]. The summed E-state index contributed by atoms with van der Waals surface area (Å²) in [5.41, 5.74) is 0.382. The van der Waals surface area contributed by atoms with Crippen molar-refractivity contribution in [2.75, 3.05) is 0 Å². The molecule has 1 aromatic carbocycles. The molecule has 0 aromatic heterocycles. The average Bonchev–Trinajstić information content (AvgIpc) is 1.93. The van der Waals surface area contributed by atoms with Gasteiger partial charge in [-0.05, 0) is 11.6 Å². The van der Waals surface area contributed by atoms with Crippen LogP contribution in [0.5, 0.6) is 5.75 Å². The summed E-state index contributed by atoms with van der Waals surface area (Å²) in [5.74, 6) is -1.19. The Hall–Kier alpha value is -0.510. The molecule has 58 valence electrons. The van der Waals surface area contributed by atoms with Crippen molar-refractivity contribution in [2.24, 2.45) is 0 Å². The van der Waals surface area contributed by atoms with Crippen molar-refractivity contribution >= 4 is 5.97 Å². The van der Waals surface area contributed by atoms with E-state index in [9.17, 15) is 9.90 Å². The third-order valence-electron chi connectivity index (χ3n) is 1.33. The summed E-state index contributed by atoms with van der Waals surface area (Å²) in [6.07, 6.45) is -0.243. The molecule has 0 atom stereocenters. The van der Waals surface area contributed by atoms with E-state index in [1.807, 2.05) is 0 Å². The summed E-state index contributed by atoms with van der Waals surface area (Å²) >= 11 is 0. The molecule has 0 aliphatic carbocycles. The fourth-order valence-electron chi connectivity index (χ4n) is 0.816. The van der Waals surface area contributed by atoms with E-state index >= 15 is 0 Å². The molecule has 0 bridgehead atoms. The van der Waals surface area contributed by atoms with Gasteiger partial charge in [0.2, 0.25) is 0 Å². The van der Waals surface area contributed by atoms with Crippen LogP contribution in [-0.2, 0) is 11.2 Å². The maximum absolute atomic E-state index is 10.1. The van der Waals surface area contributed by atoms with Crippen molar-refractivity contribution in [1.29, 1.82) is 0 Å². The van der Waals surface area contributed by atoms with E-state index in [1.54, 1.807) is 18.2 Å². The molecule has 1 aromatic rings. The van der Waals surface area contributed by atoms with E-state index in [0.29, 0.717) is 5.56 Å². The van der Waals surface area contributed by atoms with Gasteiger partial charge in [0.1, 0.15) is 5.75 Å². The molecule has 0 amide bonds. The van der Waals surface area contributed by atoms with Gasteiger partial charge in [-0.2, -0.15) is 0 Å². The number of carboxylic acid groups (broad SMARTS) is 1. The van der Waals surface area contributed by atoms with Gasteiger partial charge in [-0.15, -0.1) is 0 Å². The largest absolute Gasteiger partial charge is 1.00 e. The van der Waals surface area contributed by atoms with Crippen molar-refractivity contribution in [3.8, 4) is 5.75 Å². The van der Waals surface area contributed by atoms with Gasteiger partial charge in [-0.3, -0.25) is 0 Å². The Morgan fingerprint density at radius 3 is 2.50 bits per heavy atom. The zero-order chi connectivity index (χ0) is 8.27. The number of hydrogen-bond acceptors (Lipinski definition) is 3. The Labute approximate surface area is 92.3 Å². The number of carbonyl (C=O) groups excluding carboxylic acids is 1. The first-order valence-electron chi connectivity index (χ1n) is 3.17. The number of aliphatic carboxylic acids is 1. The van der Waals surface area contributed by atoms with Crippen molar-refractivity contribution in [2.45, 2.75) is 6.42 Å². The molecule has 3 nitrogen and oxygen atoms in total. The Balaban J connectivity index is 0.00000121. The number of hydrogen-bond donors (Lipinski definition) is 1. The number of carboxylic acids is 1. The first-order chi connectivity index (χ1) is 5.20. The number of rotatable bonds is 2. The molecule has 1 N–H and O–H groups in total. The van der Waals surface area contributed by atoms with Crippen molar-refractivity contribution in [3.05, 3.63) is 29.8 Å². The van der Waals surface area contributed by atoms with Crippen LogP contribution < -0.4 is 34.7 Å². The first kappa shape index (κ1) is 11.5. The van der Waals surface area contributed by atoms with Gasteiger partial charge in [0, 0.05) is 12.4 Å². The van der Waals surface area contributed by atoms with Gasteiger partial charge in [0.15, 0.2) is 0 Å². The van der Waals surface area contributed by atoms with Gasteiger partial charge in [-0.1, -0.05) is 18.2 Å². The molecule has 0 saturated carbocycles.